The van der Waals surface area contributed by atoms with Gasteiger partial charge in [0.15, 0.2) is 0 Å². The highest BCUT2D eigenvalue weighted by molar-refractivity contribution is 5.83. The van der Waals surface area contributed by atoms with Crippen LogP contribution in [0.3, 0.4) is 0 Å². The Bertz CT molecular complexity index is 900. The van der Waals surface area contributed by atoms with E-state index in [0.29, 0.717) is 12.0 Å². The van der Waals surface area contributed by atoms with E-state index < -0.39 is 6.10 Å². The molecule has 0 saturated carbocycles. The second kappa shape index (κ2) is 8.73. The number of aromatic nitrogens is 1. The first kappa shape index (κ1) is 19.0. The number of para-hydroxylation sites is 1. The molecule has 1 amide bonds. The number of aryl methyl sites for hydroxylation is 2. The van der Waals surface area contributed by atoms with Crippen molar-refractivity contribution in [3.63, 3.8) is 0 Å². The molecule has 3 aromatic rings. The van der Waals surface area contributed by atoms with Gasteiger partial charge in [0.05, 0.1) is 6.10 Å². The summed E-state index contributed by atoms with van der Waals surface area (Å²) in [6, 6.07) is 14.7. The molecule has 0 aliphatic rings. The van der Waals surface area contributed by atoms with Crippen molar-refractivity contribution in [2.45, 2.75) is 31.8 Å². The van der Waals surface area contributed by atoms with Crippen molar-refractivity contribution in [3.8, 4) is 5.75 Å². The molecule has 142 valence electrons. The van der Waals surface area contributed by atoms with Gasteiger partial charge in [0.25, 0.3) is 0 Å². The summed E-state index contributed by atoms with van der Waals surface area (Å²) in [5.74, 6) is 0.104. The van der Waals surface area contributed by atoms with E-state index >= 15 is 0 Å². The number of hydrogen-bond donors (Lipinski definition) is 3. The van der Waals surface area contributed by atoms with Gasteiger partial charge in [0.1, 0.15) is 5.75 Å². The van der Waals surface area contributed by atoms with Crippen molar-refractivity contribution >= 4 is 16.8 Å². The maximum absolute atomic E-state index is 12.0. The molecule has 3 N–H and O–H groups in total. The van der Waals surface area contributed by atoms with Gasteiger partial charge in [-0.2, -0.15) is 0 Å². The summed E-state index contributed by atoms with van der Waals surface area (Å²) >= 11 is 0. The molecule has 1 aromatic heterocycles. The minimum absolute atomic E-state index is 0.0502. The largest absolute Gasteiger partial charge is 0.508 e. The van der Waals surface area contributed by atoms with Crippen LogP contribution in [0, 0.1) is 0 Å². The van der Waals surface area contributed by atoms with Gasteiger partial charge >= 0.3 is 0 Å². The quantitative estimate of drug-likeness (QED) is 0.535. The number of nitrogens with zero attached hydrogens (tertiary/aromatic N) is 1. The molecule has 1 unspecified atom stereocenters. The van der Waals surface area contributed by atoms with Gasteiger partial charge < -0.3 is 20.1 Å². The fourth-order valence-electron chi connectivity index (χ4n) is 3.34. The van der Waals surface area contributed by atoms with E-state index in [1.165, 1.54) is 28.6 Å². The SMILES string of the molecule is Cn1cc(CCCCC(=O)NCC(O)c2ccc(O)cc2)c2ccccc21. The first-order chi connectivity index (χ1) is 13.0. The monoisotopic (exact) mass is 366 g/mol. The first-order valence-electron chi connectivity index (χ1n) is 9.31. The van der Waals surface area contributed by atoms with Gasteiger partial charge in [-0.3, -0.25) is 4.79 Å². The molecule has 27 heavy (non-hydrogen) atoms. The van der Waals surface area contributed by atoms with E-state index in [4.69, 9.17) is 0 Å². The summed E-state index contributed by atoms with van der Waals surface area (Å²) in [7, 11) is 2.05. The third kappa shape index (κ3) is 4.89. The van der Waals surface area contributed by atoms with Crippen molar-refractivity contribution < 1.29 is 15.0 Å². The number of aromatic hydroxyl groups is 1. The molecule has 2 aromatic carbocycles. The zero-order chi connectivity index (χ0) is 19.2. The van der Waals surface area contributed by atoms with Crippen LogP contribution >= 0.6 is 0 Å². The lowest BCUT2D eigenvalue weighted by molar-refractivity contribution is -0.121. The van der Waals surface area contributed by atoms with Crippen LogP contribution in [0.15, 0.2) is 54.7 Å². The second-order valence-electron chi connectivity index (χ2n) is 6.90. The minimum Gasteiger partial charge on any atom is -0.508 e. The van der Waals surface area contributed by atoms with Gasteiger partial charge in [-0.1, -0.05) is 30.3 Å². The average Bonchev–Trinajstić information content (AvgIpc) is 3.00. The zero-order valence-electron chi connectivity index (χ0n) is 15.6. The van der Waals surface area contributed by atoms with E-state index in [0.717, 1.165) is 19.3 Å². The third-order valence-corrected chi connectivity index (χ3v) is 4.85. The van der Waals surface area contributed by atoms with Crippen LogP contribution in [0.1, 0.15) is 36.5 Å². The number of nitrogens with one attached hydrogen (secondary N) is 1. The molecular weight excluding hydrogens is 340 g/mol. The molecule has 0 bridgehead atoms. The summed E-state index contributed by atoms with van der Waals surface area (Å²) in [6.45, 7) is 0.174. The molecule has 5 nitrogen and oxygen atoms in total. The van der Waals surface area contributed by atoms with Crippen molar-refractivity contribution in [3.05, 3.63) is 65.9 Å². The van der Waals surface area contributed by atoms with Crippen molar-refractivity contribution in [1.82, 2.24) is 9.88 Å². The van der Waals surface area contributed by atoms with Crippen LogP contribution in [0.4, 0.5) is 0 Å². The standard InChI is InChI=1S/C22H26N2O3/c1-24-15-17(19-7-3-4-8-20(19)24)6-2-5-9-22(27)23-14-21(26)16-10-12-18(25)13-11-16/h3-4,7-8,10-13,15,21,25-26H,2,5-6,9,14H2,1H3,(H,23,27). The summed E-state index contributed by atoms with van der Waals surface area (Å²) in [5, 5.41) is 23.4. The fraction of sp³-hybridized carbons (Fsp3) is 0.318. The van der Waals surface area contributed by atoms with E-state index in [1.54, 1.807) is 12.1 Å². The third-order valence-electron chi connectivity index (χ3n) is 4.85. The number of aliphatic hydroxyl groups is 1. The van der Waals surface area contributed by atoms with Gasteiger partial charge in [-0.25, -0.2) is 0 Å². The predicted molar refractivity (Wildman–Crippen MR) is 107 cm³/mol. The Morgan fingerprint density at radius 3 is 2.63 bits per heavy atom. The maximum atomic E-state index is 12.0. The van der Waals surface area contributed by atoms with Crippen LogP contribution in [0.5, 0.6) is 5.75 Å². The Balaban J connectivity index is 1.40. The molecule has 3 rings (SSSR count). The fourth-order valence-corrected chi connectivity index (χ4v) is 3.34. The molecule has 0 fully saturated rings. The summed E-state index contributed by atoms with van der Waals surface area (Å²) < 4.78 is 2.14. The van der Waals surface area contributed by atoms with Crippen LogP contribution in [-0.4, -0.2) is 27.2 Å². The van der Waals surface area contributed by atoms with Crippen LogP contribution < -0.4 is 5.32 Å². The Hall–Kier alpha value is -2.79. The topological polar surface area (TPSA) is 74.5 Å². The summed E-state index contributed by atoms with van der Waals surface area (Å²) in [6.07, 6.45) is 4.55. The highest BCUT2D eigenvalue weighted by Gasteiger charge is 2.10. The molecular formula is C22H26N2O3. The smallest absolute Gasteiger partial charge is 0.220 e. The Kier molecular flexibility index (Phi) is 6.14. The molecule has 0 spiro atoms. The molecule has 0 aliphatic carbocycles. The minimum atomic E-state index is -0.773. The van der Waals surface area contributed by atoms with Crippen molar-refractivity contribution in [2.75, 3.05) is 6.54 Å². The number of hydrogen-bond acceptors (Lipinski definition) is 3. The number of fused-ring (bicyclic) bond motifs is 1. The van der Waals surface area contributed by atoms with E-state index in [2.05, 4.69) is 41.3 Å². The molecule has 0 aliphatic heterocycles. The Morgan fingerprint density at radius 2 is 1.85 bits per heavy atom. The van der Waals surface area contributed by atoms with E-state index in [-0.39, 0.29) is 18.2 Å². The van der Waals surface area contributed by atoms with Gasteiger partial charge in [0, 0.05) is 37.1 Å². The Labute approximate surface area is 159 Å². The molecule has 1 heterocycles. The second-order valence-corrected chi connectivity index (χ2v) is 6.90. The summed E-state index contributed by atoms with van der Waals surface area (Å²) in [5.41, 5.74) is 3.22. The number of rotatable bonds is 8. The number of amides is 1. The number of carbonyl (C=O) groups is 1. The number of aliphatic hydroxyl groups excluding tert-OH is 1. The molecule has 0 saturated heterocycles. The highest BCUT2D eigenvalue weighted by atomic mass is 16.3. The number of carbonyl (C=O) groups excluding carboxylic acids is 1. The Morgan fingerprint density at radius 1 is 1.11 bits per heavy atom. The molecule has 5 heteroatoms. The van der Waals surface area contributed by atoms with E-state index in [9.17, 15) is 15.0 Å². The highest BCUT2D eigenvalue weighted by Crippen LogP contribution is 2.22. The average molecular weight is 366 g/mol. The molecule has 0 radical (unpaired) electrons. The van der Waals surface area contributed by atoms with E-state index in [1.807, 2.05) is 6.07 Å². The maximum Gasteiger partial charge on any atom is 0.220 e. The normalized spacial score (nSPS) is 12.2. The lowest BCUT2D eigenvalue weighted by atomic mass is 10.1. The number of benzene rings is 2. The lowest BCUT2D eigenvalue weighted by Crippen LogP contribution is -2.28. The van der Waals surface area contributed by atoms with Crippen LogP contribution in [-0.2, 0) is 18.3 Å². The first-order valence-corrected chi connectivity index (χ1v) is 9.31. The van der Waals surface area contributed by atoms with Gasteiger partial charge in [0.2, 0.25) is 5.91 Å². The van der Waals surface area contributed by atoms with Crippen LogP contribution in [0.25, 0.3) is 10.9 Å². The van der Waals surface area contributed by atoms with Crippen molar-refractivity contribution in [1.29, 1.82) is 0 Å². The zero-order valence-corrected chi connectivity index (χ0v) is 15.6. The number of unbranched alkanes of at least 4 members (excludes halogenated alkanes) is 1. The van der Waals surface area contributed by atoms with Gasteiger partial charge in [-0.05, 0) is 48.6 Å². The van der Waals surface area contributed by atoms with Crippen molar-refractivity contribution in [2.24, 2.45) is 7.05 Å². The predicted octanol–water partition coefficient (Wildman–Crippen LogP) is 3.45. The molecule has 1 atom stereocenters. The number of phenolic OH excluding ortho intramolecular Hbond substituents is 1. The lowest BCUT2D eigenvalue weighted by Gasteiger charge is -2.12. The number of phenols is 1. The van der Waals surface area contributed by atoms with Gasteiger partial charge in [-0.15, -0.1) is 0 Å². The summed E-state index contributed by atoms with van der Waals surface area (Å²) in [4.78, 5) is 12.0. The van der Waals surface area contributed by atoms with Crippen LogP contribution in [0.2, 0.25) is 0 Å².